The van der Waals surface area contributed by atoms with Crippen LogP contribution >= 0.6 is 0 Å². The van der Waals surface area contributed by atoms with Gasteiger partial charge in [0.05, 0.1) is 12.2 Å². The molecular formula is C19H15F4NO6S. The molecule has 3 aromatic rings. The second-order valence-electron chi connectivity index (χ2n) is 6.10. The minimum absolute atomic E-state index is 0.00683. The van der Waals surface area contributed by atoms with Crippen LogP contribution in [0.4, 0.5) is 17.6 Å². The molecule has 0 aliphatic rings. The molecule has 0 aliphatic heterocycles. The van der Waals surface area contributed by atoms with E-state index in [0.717, 1.165) is 24.3 Å². The van der Waals surface area contributed by atoms with Gasteiger partial charge < -0.3 is 18.7 Å². The van der Waals surface area contributed by atoms with Crippen LogP contribution in [0.1, 0.15) is 17.3 Å². The summed E-state index contributed by atoms with van der Waals surface area (Å²) in [5.41, 5.74) is -5.47. The summed E-state index contributed by atoms with van der Waals surface area (Å²) in [6, 6.07) is 6.96. The van der Waals surface area contributed by atoms with Gasteiger partial charge in [0, 0.05) is 24.1 Å². The number of nitrogens with one attached hydrogen (secondary N) is 1. The van der Waals surface area contributed by atoms with Gasteiger partial charge in [-0.3, -0.25) is 4.79 Å². The Hall–Kier alpha value is -3.28. The quantitative estimate of drug-likeness (QED) is 0.336. The zero-order valence-electron chi connectivity index (χ0n) is 16.0. The normalized spacial score (nSPS) is 12.1. The van der Waals surface area contributed by atoms with Crippen LogP contribution in [0.5, 0.6) is 11.5 Å². The summed E-state index contributed by atoms with van der Waals surface area (Å²) in [5, 5.41) is 2.34. The van der Waals surface area contributed by atoms with Gasteiger partial charge in [0.15, 0.2) is 11.5 Å². The largest absolute Gasteiger partial charge is 0.534 e. The van der Waals surface area contributed by atoms with E-state index in [2.05, 4.69) is 9.50 Å². The van der Waals surface area contributed by atoms with Crippen molar-refractivity contribution < 1.29 is 44.1 Å². The second-order valence-corrected chi connectivity index (χ2v) is 7.64. The number of benzene rings is 2. The molecule has 2 aromatic carbocycles. The van der Waals surface area contributed by atoms with Crippen molar-refractivity contribution in [2.24, 2.45) is 0 Å². The lowest BCUT2D eigenvalue weighted by atomic mass is 10.0. The smallest absolute Gasteiger partial charge is 0.490 e. The predicted molar refractivity (Wildman–Crippen MR) is 102 cm³/mol. The van der Waals surface area contributed by atoms with E-state index in [1.54, 1.807) is 0 Å². The van der Waals surface area contributed by atoms with Crippen LogP contribution in [-0.4, -0.2) is 33.5 Å². The summed E-state index contributed by atoms with van der Waals surface area (Å²) in [4.78, 5) is 12.5. The third-order valence-electron chi connectivity index (χ3n) is 4.10. The van der Waals surface area contributed by atoms with Gasteiger partial charge in [0.1, 0.15) is 17.2 Å². The number of fused-ring (bicyclic) bond motifs is 1. The van der Waals surface area contributed by atoms with Crippen molar-refractivity contribution in [2.45, 2.75) is 12.4 Å². The van der Waals surface area contributed by atoms with E-state index in [4.69, 9.17) is 9.15 Å². The minimum atomic E-state index is -6.00. The first kappa shape index (κ1) is 22.4. The Labute approximate surface area is 173 Å². The van der Waals surface area contributed by atoms with Gasteiger partial charge in [-0.2, -0.15) is 21.6 Å². The molecule has 1 aromatic heterocycles. The van der Waals surface area contributed by atoms with Gasteiger partial charge >= 0.3 is 15.6 Å². The lowest BCUT2D eigenvalue weighted by molar-refractivity contribution is -0.0500. The molecule has 31 heavy (non-hydrogen) atoms. The number of hydrogen-bond acceptors (Lipinski definition) is 6. The molecule has 0 aliphatic carbocycles. The number of ether oxygens (including phenoxy) is 1. The van der Waals surface area contributed by atoms with E-state index in [0.29, 0.717) is 5.56 Å². The molecule has 0 radical (unpaired) electrons. The van der Waals surface area contributed by atoms with Gasteiger partial charge in [-0.15, -0.1) is 0 Å². The maximum Gasteiger partial charge on any atom is 0.534 e. The second kappa shape index (κ2) is 8.10. The first-order valence-electron chi connectivity index (χ1n) is 8.70. The molecule has 0 spiro atoms. The van der Waals surface area contributed by atoms with Crippen molar-refractivity contribution >= 4 is 27.0 Å². The van der Waals surface area contributed by atoms with Crippen LogP contribution in [0.25, 0.3) is 22.3 Å². The minimum Gasteiger partial charge on any atom is -0.490 e. The van der Waals surface area contributed by atoms with Crippen LogP contribution in [-0.2, 0) is 10.1 Å². The van der Waals surface area contributed by atoms with Crippen molar-refractivity contribution in [1.29, 1.82) is 0 Å². The van der Waals surface area contributed by atoms with E-state index in [1.807, 2.05) is 0 Å². The molecular weight excluding hydrogens is 446 g/mol. The van der Waals surface area contributed by atoms with E-state index < -0.39 is 33.1 Å². The molecule has 0 unspecified atom stereocenters. The Morgan fingerprint density at radius 2 is 1.77 bits per heavy atom. The molecule has 1 N–H and O–H groups in total. The number of hydrogen-bond donors (Lipinski definition) is 1. The highest BCUT2D eigenvalue weighted by Gasteiger charge is 2.49. The van der Waals surface area contributed by atoms with Crippen LogP contribution in [0.15, 0.2) is 40.8 Å². The molecule has 0 fully saturated rings. The Bertz CT molecular complexity index is 1230. The van der Waals surface area contributed by atoms with Crippen LogP contribution < -0.4 is 14.2 Å². The summed E-state index contributed by atoms with van der Waals surface area (Å²) in [7, 11) is -4.69. The fourth-order valence-electron chi connectivity index (χ4n) is 2.76. The zero-order chi connectivity index (χ0) is 23.0. The lowest BCUT2D eigenvalue weighted by Gasteiger charge is -2.13. The molecule has 0 saturated carbocycles. The number of furan rings is 1. The number of amides is 1. The Kier molecular flexibility index (Phi) is 5.85. The fraction of sp³-hybridized carbons (Fsp3) is 0.211. The number of carbonyl (C=O) groups is 1. The molecule has 1 amide bonds. The third kappa shape index (κ3) is 4.29. The molecule has 0 bridgehead atoms. The number of rotatable bonds is 6. The monoisotopic (exact) mass is 461 g/mol. The zero-order valence-corrected chi connectivity index (χ0v) is 16.9. The highest BCUT2D eigenvalue weighted by molar-refractivity contribution is 7.88. The van der Waals surface area contributed by atoms with Crippen molar-refractivity contribution in [1.82, 2.24) is 5.32 Å². The first-order valence-corrected chi connectivity index (χ1v) is 10.1. The van der Waals surface area contributed by atoms with Crippen LogP contribution in [0.2, 0.25) is 0 Å². The van der Waals surface area contributed by atoms with Gasteiger partial charge in [-0.1, -0.05) is 0 Å². The first-order chi connectivity index (χ1) is 14.5. The van der Waals surface area contributed by atoms with E-state index >= 15 is 0 Å². The van der Waals surface area contributed by atoms with Crippen molar-refractivity contribution in [3.63, 3.8) is 0 Å². The highest BCUT2D eigenvalue weighted by Crippen LogP contribution is 2.41. The Morgan fingerprint density at radius 1 is 1.13 bits per heavy atom. The molecule has 3 rings (SSSR count). The Balaban J connectivity index is 2.28. The van der Waals surface area contributed by atoms with Crippen LogP contribution in [0, 0.1) is 5.82 Å². The molecule has 7 nitrogen and oxygen atoms in total. The van der Waals surface area contributed by atoms with Gasteiger partial charge in [0.2, 0.25) is 0 Å². The summed E-state index contributed by atoms with van der Waals surface area (Å²) < 4.78 is 89.9. The predicted octanol–water partition coefficient (Wildman–Crippen LogP) is 4.23. The molecule has 0 atom stereocenters. The average Bonchev–Trinajstić information content (AvgIpc) is 3.05. The van der Waals surface area contributed by atoms with E-state index in [9.17, 15) is 30.8 Å². The fourth-order valence-corrected chi connectivity index (χ4v) is 3.22. The van der Waals surface area contributed by atoms with E-state index in [1.165, 1.54) is 26.1 Å². The molecule has 1 heterocycles. The van der Waals surface area contributed by atoms with Gasteiger partial charge in [-0.25, -0.2) is 4.39 Å². The standard InChI is InChI=1S/C19H15F4NO6S/c1-3-28-14-9-13-12(8-15(14)30-31(26,27)19(21,22)23)16(18(25)24-2)17(29-13)10-4-6-11(20)7-5-10/h4-9H,3H2,1-2H3,(H,24,25). The number of halogens is 4. The SMILES string of the molecule is CCOc1cc2oc(-c3ccc(F)cc3)c(C(=O)NC)c2cc1OS(=O)(=O)C(F)(F)F. The summed E-state index contributed by atoms with van der Waals surface area (Å²) >= 11 is 0. The van der Waals surface area contributed by atoms with Crippen molar-refractivity contribution in [3.05, 3.63) is 47.8 Å². The number of carbonyl (C=O) groups excluding carboxylic acids is 1. The molecule has 166 valence electrons. The average molecular weight is 461 g/mol. The number of alkyl halides is 3. The lowest BCUT2D eigenvalue weighted by Crippen LogP contribution is -2.28. The molecule has 0 saturated heterocycles. The summed E-state index contributed by atoms with van der Waals surface area (Å²) in [6.45, 7) is 1.50. The van der Waals surface area contributed by atoms with Crippen LogP contribution in [0.3, 0.4) is 0 Å². The summed E-state index contributed by atoms with van der Waals surface area (Å²) in [6.07, 6.45) is 0. The summed E-state index contributed by atoms with van der Waals surface area (Å²) in [5.74, 6) is -2.33. The van der Waals surface area contributed by atoms with Crippen molar-refractivity contribution in [3.8, 4) is 22.8 Å². The highest BCUT2D eigenvalue weighted by atomic mass is 32.2. The van der Waals surface area contributed by atoms with Crippen molar-refractivity contribution in [2.75, 3.05) is 13.7 Å². The Morgan fingerprint density at radius 3 is 2.32 bits per heavy atom. The molecule has 12 heteroatoms. The maximum absolute atomic E-state index is 13.3. The topological polar surface area (TPSA) is 94.8 Å². The van der Waals surface area contributed by atoms with Gasteiger partial charge in [0.25, 0.3) is 5.91 Å². The maximum atomic E-state index is 13.3. The third-order valence-corrected chi connectivity index (χ3v) is 5.06. The van der Waals surface area contributed by atoms with Gasteiger partial charge in [-0.05, 0) is 37.3 Å². The van der Waals surface area contributed by atoms with E-state index in [-0.39, 0.29) is 34.6 Å².